The molecular weight excluding hydrogens is 330 g/mol. The highest BCUT2D eigenvalue weighted by atomic mass is 79.9. The van der Waals surface area contributed by atoms with Gasteiger partial charge in [-0.05, 0) is 54.4 Å². The van der Waals surface area contributed by atoms with E-state index in [0.29, 0.717) is 0 Å². The molecule has 0 unspecified atom stereocenters. The van der Waals surface area contributed by atoms with Crippen molar-refractivity contribution < 1.29 is 4.79 Å². The van der Waals surface area contributed by atoms with Crippen molar-refractivity contribution in [3.63, 3.8) is 0 Å². The SMILES string of the molecule is CC(=O)N/N=C\c1c(Br)c(C)n(-c2cccc(C)c2)c1C. The molecule has 0 bridgehead atoms. The number of rotatable bonds is 3. The fourth-order valence-corrected chi connectivity index (χ4v) is 2.88. The van der Waals surface area contributed by atoms with E-state index in [4.69, 9.17) is 0 Å². The first-order valence-electron chi connectivity index (χ1n) is 6.66. The van der Waals surface area contributed by atoms with Crippen molar-refractivity contribution in [3.8, 4) is 5.69 Å². The summed E-state index contributed by atoms with van der Waals surface area (Å²) in [6.07, 6.45) is 1.67. The van der Waals surface area contributed by atoms with Crippen LogP contribution < -0.4 is 5.43 Å². The van der Waals surface area contributed by atoms with Gasteiger partial charge in [0, 0.05) is 34.0 Å². The minimum absolute atomic E-state index is 0.185. The van der Waals surface area contributed by atoms with Crippen LogP contribution in [0.5, 0.6) is 0 Å². The Hall–Kier alpha value is -1.88. The van der Waals surface area contributed by atoms with E-state index in [1.165, 1.54) is 12.5 Å². The smallest absolute Gasteiger partial charge is 0.236 e. The highest BCUT2D eigenvalue weighted by Gasteiger charge is 2.15. The molecule has 0 spiro atoms. The monoisotopic (exact) mass is 347 g/mol. The molecule has 2 aromatic rings. The molecule has 0 fully saturated rings. The molecular formula is C16H18BrN3O. The fraction of sp³-hybridized carbons (Fsp3) is 0.250. The van der Waals surface area contributed by atoms with Gasteiger partial charge in [0.1, 0.15) is 0 Å². The van der Waals surface area contributed by atoms with Gasteiger partial charge in [0.2, 0.25) is 5.91 Å². The molecule has 0 aliphatic heterocycles. The zero-order chi connectivity index (χ0) is 15.6. The van der Waals surface area contributed by atoms with Crippen molar-refractivity contribution in [1.29, 1.82) is 0 Å². The third-order valence-electron chi connectivity index (χ3n) is 3.29. The maximum Gasteiger partial charge on any atom is 0.236 e. The highest BCUT2D eigenvalue weighted by molar-refractivity contribution is 9.10. The molecule has 21 heavy (non-hydrogen) atoms. The first kappa shape index (κ1) is 15.5. The number of nitrogens with zero attached hydrogens (tertiary/aromatic N) is 2. The van der Waals surface area contributed by atoms with Crippen LogP contribution in [0.15, 0.2) is 33.8 Å². The van der Waals surface area contributed by atoms with E-state index in [0.717, 1.165) is 27.1 Å². The summed E-state index contributed by atoms with van der Waals surface area (Å²) in [7, 11) is 0. The fourth-order valence-electron chi connectivity index (χ4n) is 2.32. The lowest BCUT2D eigenvalue weighted by molar-refractivity contribution is -0.118. The second kappa shape index (κ2) is 6.26. The number of benzene rings is 1. The average Bonchev–Trinajstić information content (AvgIpc) is 2.62. The number of aryl methyl sites for hydroxylation is 1. The number of hydrogen-bond acceptors (Lipinski definition) is 2. The van der Waals surface area contributed by atoms with E-state index in [1.54, 1.807) is 6.21 Å². The van der Waals surface area contributed by atoms with Gasteiger partial charge < -0.3 is 4.57 Å². The van der Waals surface area contributed by atoms with Crippen molar-refractivity contribution >= 4 is 28.1 Å². The van der Waals surface area contributed by atoms with Crippen LogP contribution in [0, 0.1) is 20.8 Å². The largest absolute Gasteiger partial charge is 0.317 e. The zero-order valence-electron chi connectivity index (χ0n) is 12.6. The molecule has 1 aromatic carbocycles. The summed E-state index contributed by atoms with van der Waals surface area (Å²) in [5.41, 5.74) is 7.88. The molecule has 5 heteroatoms. The maximum absolute atomic E-state index is 10.9. The molecule has 1 amide bonds. The Bertz CT molecular complexity index is 717. The Morgan fingerprint density at radius 3 is 2.62 bits per heavy atom. The van der Waals surface area contributed by atoms with Crippen molar-refractivity contribution in [3.05, 3.63) is 51.3 Å². The first-order valence-corrected chi connectivity index (χ1v) is 7.45. The van der Waals surface area contributed by atoms with E-state index in [-0.39, 0.29) is 5.91 Å². The van der Waals surface area contributed by atoms with Gasteiger partial charge in [-0.2, -0.15) is 5.10 Å². The normalized spacial score (nSPS) is 11.1. The van der Waals surface area contributed by atoms with Crippen molar-refractivity contribution in [2.45, 2.75) is 27.7 Å². The van der Waals surface area contributed by atoms with Gasteiger partial charge in [0.15, 0.2) is 0 Å². The number of carbonyl (C=O) groups is 1. The van der Waals surface area contributed by atoms with Crippen LogP contribution in [-0.4, -0.2) is 16.7 Å². The molecule has 0 saturated heterocycles. The number of carbonyl (C=O) groups excluding carboxylic acids is 1. The number of hydrogen-bond donors (Lipinski definition) is 1. The van der Waals surface area contributed by atoms with Crippen molar-refractivity contribution in [2.24, 2.45) is 5.10 Å². The van der Waals surface area contributed by atoms with E-state index >= 15 is 0 Å². The van der Waals surface area contributed by atoms with Crippen LogP contribution in [0.25, 0.3) is 5.69 Å². The van der Waals surface area contributed by atoms with Gasteiger partial charge in [0.25, 0.3) is 0 Å². The third-order valence-corrected chi connectivity index (χ3v) is 4.29. The summed E-state index contributed by atoms with van der Waals surface area (Å²) < 4.78 is 3.15. The Morgan fingerprint density at radius 1 is 1.29 bits per heavy atom. The number of amides is 1. The van der Waals surface area contributed by atoms with E-state index in [1.807, 2.05) is 13.0 Å². The molecule has 0 aliphatic rings. The van der Waals surface area contributed by atoms with Crippen LogP contribution in [0.3, 0.4) is 0 Å². The van der Waals surface area contributed by atoms with Gasteiger partial charge in [-0.1, -0.05) is 12.1 Å². The number of hydrazone groups is 1. The van der Waals surface area contributed by atoms with Crippen molar-refractivity contribution in [1.82, 2.24) is 9.99 Å². The summed E-state index contributed by atoms with van der Waals surface area (Å²) in [5, 5.41) is 3.96. The molecule has 4 nitrogen and oxygen atoms in total. The maximum atomic E-state index is 10.9. The summed E-state index contributed by atoms with van der Waals surface area (Å²) in [6, 6.07) is 8.34. The quantitative estimate of drug-likeness (QED) is 0.668. The second-order valence-corrected chi connectivity index (χ2v) is 5.79. The van der Waals surface area contributed by atoms with E-state index < -0.39 is 0 Å². The van der Waals surface area contributed by atoms with Gasteiger partial charge in [-0.15, -0.1) is 0 Å². The van der Waals surface area contributed by atoms with Crippen LogP contribution in [0.1, 0.15) is 29.4 Å². The molecule has 0 atom stereocenters. The predicted molar refractivity (Wildman–Crippen MR) is 89.1 cm³/mol. The van der Waals surface area contributed by atoms with Gasteiger partial charge in [0.05, 0.1) is 6.21 Å². The Balaban J connectivity index is 2.50. The van der Waals surface area contributed by atoms with Crippen LogP contribution in [0.2, 0.25) is 0 Å². The molecule has 1 heterocycles. The number of nitrogens with one attached hydrogen (secondary N) is 1. The molecule has 0 aliphatic carbocycles. The summed E-state index contributed by atoms with van der Waals surface area (Å²) in [5.74, 6) is -0.185. The first-order chi connectivity index (χ1) is 9.91. The topological polar surface area (TPSA) is 46.4 Å². The second-order valence-electron chi connectivity index (χ2n) is 5.00. The van der Waals surface area contributed by atoms with Crippen LogP contribution in [0.4, 0.5) is 0 Å². The van der Waals surface area contributed by atoms with Gasteiger partial charge in [-0.25, -0.2) is 5.43 Å². The van der Waals surface area contributed by atoms with Gasteiger partial charge in [-0.3, -0.25) is 4.79 Å². The Kier molecular flexibility index (Phi) is 4.63. The number of aromatic nitrogens is 1. The van der Waals surface area contributed by atoms with Crippen LogP contribution in [-0.2, 0) is 4.79 Å². The minimum atomic E-state index is -0.185. The van der Waals surface area contributed by atoms with E-state index in [2.05, 4.69) is 63.1 Å². The van der Waals surface area contributed by atoms with Crippen molar-refractivity contribution in [2.75, 3.05) is 0 Å². The lowest BCUT2D eigenvalue weighted by atomic mass is 10.2. The molecule has 0 radical (unpaired) electrons. The predicted octanol–water partition coefficient (Wildman–Crippen LogP) is 3.64. The van der Waals surface area contributed by atoms with E-state index in [9.17, 15) is 4.79 Å². The number of halogens is 1. The Labute approximate surface area is 133 Å². The summed E-state index contributed by atoms with van der Waals surface area (Å²) in [6.45, 7) is 7.60. The molecule has 110 valence electrons. The zero-order valence-corrected chi connectivity index (χ0v) is 14.2. The summed E-state index contributed by atoms with van der Waals surface area (Å²) in [4.78, 5) is 10.9. The highest BCUT2D eigenvalue weighted by Crippen LogP contribution is 2.29. The average molecular weight is 348 g/mol. The Morgan fingerprint density at radius 2 is 2.00 bits per heavy atom. The molecule has 1 aromatic heterocycles. The minimum Gasteiger partial charge on any atom is -0.317 e. The lowest BCUT2D eigenvalue weighted by Crippen LogP contribution is -2.12. The summed E-state index contributed by atoms with van der Waals surface area (Å²) >= 11 is 3.61. The standard InChI is InChI=1S/C16H18BrN3O/c1-10-6-5-7-14(8-10)20-11(2)15(16(17)12(20)3)9-18-19-13(4)21/h5-9H,1-4H3,(H,19,21)/b18-9-. The molecule has 1 N–H and O–H groups in total. The lowest BCUT2D eigenvalue weighted by Gasteiger charge is -2.10. The third kappa shape index (κ3) is 3.24. The van der Waals surface area contributed by atoms with Gasteiger partial charge >= 0.3 is 0 Å². The molecule has 2 rings (SSSR count). The molecule has 0 saturated carbocycles. The van der Waals surface area contributed by atoms with Crippen LogP contribution >= 0.6 is 15.9 Å².